The average Bonchev–Trinajstić information content (AvgIpc) is 2.15. The van der Waals surface area contributed by atoms with Gasteiger partial charge in [0.15, 0.2) is 0 Å². The fraction of sp³-hybridized carbons (Fsp3) is 0.400. The van der Waals surface area contributed by atoms with Crippen LogP contribution in [-0.2, 0) is 0 Å². The maximum atomic E-state index is 9.19. The lowest BCUT2D eigenvalue weighted by atomic mass is 10.1. The van der Waals surface area contributed by atoms with Crippen LogP contribution in [0.4, 0.5) is 0 Å². The number of halogens is 2. The Morgan fingerprint density at radius 1 is 1.57 bits per heavy atom. The van der Waals surface area contributed by atoms with Gasteiger partial charge in [-0.05, 0) is 24.2 Å². The minimum absolute atomic E-state index is 0.0355. The van der Waals surface area contributed by atoms with Gasteiger partial charge in [0, 0.05) is 9.50 Å². The smallest absolute Gasteiger partial charge is 0.0626 e. The number of nitrogens with one attached hydrogen (secondary N) is 1. The molecule has 0 aliphatic heterocycles. The highest BCUT2D eigenvalue weighted by atomic mass is 79.9. The number of benzene rings is 1. The second-order valence-electron chi connectivity index (χ2n) is 2.96. The molecule has 0 aliphatic carbocycles. The van der Waals surface area contributed by atoms with E-state index in [1.807, 2.05) is 25.1 Å². The maximum absolute atomic E-state index is 9.19. The molecule has 0 spiro atoms. The van der Waals surface area contributed by atoms with Crippen molar-refractivity contribution in [2.45, 2.75) is 13.0 Å². The molecule has 0 fully saturated rings. The highest BCUT2D eigenvalue weighted by Crippen LogP contribution is 2.26. The normalized spacial score (nSPS) is 12.9. The summed E-state index contributed by atoms with van der Waals surface area (Å²) < 4.78 is 0.921. The summed E-state index contributed by atoms with van der Waals surface area (Å²) in [6.45, 7) is 2.90. The van der Waals surface area contributed by atoms with Crippen LogP contribution in [0.3, 0.4) is 0 Å². The summed E-state index contributed by atoms with van der Waals surface area (Å²) in [4.78, 5) is 0. The van der Waals surface area contributed by atoms with Crippen molar-refractivity contribution >= 4 is 27.5 Å². The van der Waals surface area contributed by atoms with Gasteiger partial charge in [0.1, 0.15) is 0 Å². The van der Waals surface area contributed by atoms with Crippen LogP contribution < -0.4 is 5.32 Å². The number of aliphatic hydroxyl groups excluding tert-OH is 1. The Morgan fingerprint density at radius 3 is 2.79 bits per heavy atom. The van der Waals surface area contributed by atoms with Crippen molar-refractivity contribution in [2.75, 3.05) is 13.2 Å². The molecule has 0 saturated carbocycles. The molecule has 0 amide bonds. The van der Waals surface area contributed by atoms with Crippen LogP contribution >= 0.6 is 27.5 Å². The Bertz CT molecular complexity index is 306. The number of aliphatic hydroxyl groups is 1. The summed E-state index contributed by atoms with van der Waals surface area (Å²) >= 11 is 9.25. The largest absolute Gasteiger partial charge is 0.394 e. The molecule has 2 nitrogen and oxygen atoms in total. The molecule has 1 rings (SSSR count). The van der Waals surface area contributed by atoms with Crippen molar-refractivity contribution in [3.05, 3.63) is 33.3 Å². The van der Waals surface area contributed by atoms with E-state index in [4.69, 9.17) is 11.6 Å². The zero-order chi connectivity index (χ0) is 10.6. The minimum Gasteiger partial charge on any atom is -0.394 e. The third-order valence-corrected chi connectivity index (χ3v) is 2.89. The van der Waals surface area contributed by atoms with Gasteiger partial charge in [-0.15, -0.1) is 0 Å². The molecule has 4 heteroatoms. The Hall–Kier alpha value is -0.0900. The Labute approximate surface area is 97.4 Å². The zero-order valence-electron chi connectivity index (χ0n) is 7.93. The summed E-state index contributed by atoms with van der Waals surface area (Å²) in [5.74, 6) is 0. The molecular weight excluding hydrogens is 265 g/mol. The van der Waals surface area contributed by atoms with Crippen LogP contribution in [0.1, 0.15) is 18.5 Å². The van der Waals surface area contributed by atoms with Crippen LogP contribution in [-0.4, -0.2) is 18.3 Å². The molecular formula is C10H13BrClNO. The maximum Gasteiger partial charge on any atom is 0.0626 e. The van der Waals surface area contributed by atoms with E-state index in [0.29, 0.717) is 5.02 Å². The number of hydrogen-bond donors (Lipinski definition) is 2. The monoisotopic (exact) mass is 277 g/mol. The Morgan fingerprint density at radius 2 is 2.29 bits per heavy atom. The summed E-state index contributed by atoms with van der Waals surface area (Å²) in [6.07, 6.45) is 0. The lowest BCUT2D eigenvalue weighted by molar-refractivity contribution is 0.246. The van der Waals surface area contributed by atoms with E-state index in [1.165, 1.54) is 0 Å². The molecule has 1 unspecified atom stereocenters. The molecule has 14 heavy (non-hydrogen) atoms. The first-order valence-corrected chi connectivity index (χ1v) is 5.65. The van der Waals surface area contributed by atoms with E-state index in [-0.39, 0.29) is 12.6 Å². The first kappa shape index (κ1) is 12.0. The van der Waals surface area contributed by atoms with Crippen molar-refractivity contribution in [3.63, 3.8) is 0 Å². The average molecular weight is 279 g/mol. The molecule has 2 N–H and O–H groups in total. The highest BCUT2D eigenvalue weighted by molar-refractivity contribution is 9.10. The van der Waals surface area contributed by atoms with Gasteiger partial charge in [0.25, 0.3) is 0 Å². The van der Waals surface area contributed by atoms with E-state index in [2.05, 4.69) is 21.2 Å². The molecule has 1 aromatic carbocycles. The van der Waals surface area contributed by atoms with E-state index < -0.39 is 0 Å². The first-order chi connectivity index (χ1) is 6.69. The van der Waals surface area contributed by atoms with Gasteiger partial charge in [-0.25, -0.2) is 0 Å². The topological polar surface area (TPSA) is 32.3 Å². The molecule has 0 aromatic heterocycles. The summed E-state index contributed by atoms with van der Waals surface area (Å²) in [5, 5.41) is 13.1. The standard InChI is InChI=1S/C10H13BrClNO/c1-2-13-10(6-14)8-4-3-7(12)5-9(8)11/h3-5,10,13-14H,2,6H2,1H3. The van der Waals surface area contributed by atoms with Gasteiger partial charge in [0.05, 0.1) is 12.6 Å². The van der Waals surface area contributed by atoms with E-state index in [1.54, 1.807) is 0 Å². The van der Waals surface area contributed by atoms with Crippen LogP contribution in [0, 0.1) is 0 Å². The van der Waals surface area contributed by atoms with Crippen LogP contribution in [0.15, 0.2) is 22.7 Å². The number of rotatable bonds is 4. The van der Waals surface area contributed by atoms with Crippen molar-refractivity contribution < 1.29 is 5.11 Å². The van der Waals surface area contributed by atoms with Crippen molar-refractivity contribution in [1.29, 1.82) is 0 Å². The van der Waals surface area contributed by atoms with Gasteiger partial charge >= 0.3 is 0 Å². The molecule has 0 aliphatic rings. The van der Waals surface area contributed by atoms with E-state index in [0.717, 1.165) is 16.6 Å². The summed E-state index contributed by atoms with van der Waals surface area (Å²) in [7, 11) is 0. The molecule has 0 bridgehead atoms. The summed E-state index contributed by atoms with van der Waals surface area (Å²) in [5.41, 5.74) is 1.03. The molecule has 1 aromatic rings. The Kier molecular flexibility index (Phi) is 4.89. The van der Waals surface area contributed by atoms with E-state index >= 15 is 0 Å². The predicted molar refractivity (Wildman–Crippen MR) is 62.7 cm³/mol. The highest BCUT2D eigenvalue weighted by Gasteiger charge is 2.11. The SMILES string of the molecule is CCNC(CO)c1ccc(Cl)cc1Br. The zero-order valence-corrected chi connectivity index (χ0v) is 10.3. The Balaban J connectivity index is 2.92. The lowest BCUT2D eigenvalue weighted by Crippen LogP contribution is -2.24. The van der Waals surface area contributed by atoms with Crippen molar-refractivity contribution in [3.8, 4) is 0 Å². The van der Waals surface area contributed by atoms with Gasteiger partial charge in [-0.1, -0.05) is 40.5 Å². The quantitative estimate of drug-likeness (QED) is 0.887. The lowest BCUT2D eigenvalue weighted by Gasteiger charge is -2.17. The molecule has 1 atom stereocenters. The van der Waals surface area contributed by atoms with Crippen LogP contribution in [0.5, 0.6) is 0 Å². The molecule has 0 saturated heterocycles. The number of likely N-dealkylation sites (N-methyl/N-ethyl adjacent to an activating group) is 1. The third-order valence-electron chi connectivity index (χ3n) is 1.97. The van der Waals surface area contributed by atoms with Gasteiger partial charge in [0.2, 0.25) is 0 Å². The summed E-state index contributed by atoms with van der Waals surface area (Å²) in [6, 6.07) is 5.53. The van der Waals surface area contributed by atoms with Crippen LogP contribution in [0.2, 0.25) is 5.02 Å². The molecule has 78 valence electrons. The predicted octanol–water partition coefficient (Wildman–Crippen LogP) is 2.75. The van der Waals surface area contributed by atoms with E-state index in [9.17, 15) is 5.11 Å². The third kappa shape index (κ3) is 2.95. The number of hydrogen-bond acceptors (Lipinski definition) is 2. The van der Waals surface area contributed by atoms with Gasteiger partial charge in [-0.3, -0.25) is 0 Å². The van der Waals surface area contributed by atoms with Gasteiger partial charge in [-0.2, -0.15) is 0 Å². The second kappa shape index (κ2) is 5.71. The fourth-order valence-electron chi connectivity index (χ4n) is 1.30. The fourth-order valence-corrected chi connectivity index (χ4v) is 2.26. The first-order valence-electron chi connectivity index (χ1n) is 4.48. The molecule has 0 heterocycles. The van der Waals surface area contributed by atoms with Crippen molar-refractivity contribution in [1.82, 2.24) is 5.32 Å². The van der Waals surface area contributed by atoms with Crippen molar-refractivity contribution in [2.24, 2.45) is 0 Å². The molecule has 0 radical (unpaired) electrons. The van der Waals surface area contributed by atoms with Gasteiger partial charge < -0.3 is 10.4 Å². The second-order valence-corrected chi connectivity index (χ2v) is 4.25. The minimum atomic E-state index is -0.0355. The van der Waals surface area contributed by atoms with Crippen LogP contribution in [0.25, 0.3) is 0 Å².